The zero-order valence-electron chi connectivity index (χ0n) is 14.0. The number of pyridine rings is 1. The zero-order valence-corrected chi connectivity index (χ0v) is 16.4. The van der Waals surface area contributed by atoms with E-state index in [1.807, 2.05) is 18.2 Å². The SMILES string of the molecule is O=C(CS(=O)(=O)C1CCCC1)Nc1ccc(Oc2cccc(Br)c2)nc1. The van der Waals surface area contributed by atoms with Gasteiger partial charge in [-0.15, -0.1) is 0 Å². The highest BCUT2D eigenvalue weighted by molar-refractivity contribution is 9.10. The Hall–Kier alpha value is -1.93. The van der Waals surface area contributed by atoms with Gasteiger partial charge < -0.3 is 10.1 Å². The average molecular weight is 439 g/mol. The predicted octanol–water partition coefficient (Wildman–Crippen LogP) is 3.93. The Morgan fingerprint density at radius 2 is 2.00 bits per heavy atom. The molecule has 0 radical (unpaired) electrons. The number of carbonyl (C=O) groups is 1. The van der Waals surface area contributed by atoms with Gasteiger partial charge in [-0.25, -0.2) is 13.4 Å². The lowest BCUT2D eigenvalue weighted by Gasteiger charge is -2.11. The number of sulfone groups is 1. The number of carbonyl (C=O) groups excluding carboxylic acids is 1. The molecule has 1 fully saturated rings. The molecule has 1 aromatic carbocycles. The topological polar surface area (TPSA) is 85.4 Å². The summed E-state index contributed by atoms with van der Waals surface area (Å²) in [7, 11) is -3.39. The number of nitrogens with zero attached hydrogens (tertiary/aromatic N) is 1. The third kappa shape index (κ3) is 5.04. The number of ether oxygens (including phenoxy) is 1. The Bertz CT molecular complexity index is 878. The molecule has 0 spiro atoms. The van der Waals surface area contributed by atoms with Crippen LogP contribution in [0, 0.1) is 0 Å². The van der Waals surface area contributed by atoms with Crippen molar-refractivity contribution in [3.8, 4) is 11.6 Å². The first-order chi connectivity index (χ1) is 12.4. The van der Waals surface area contributed by atoms with Crippen molar-refractivity contribution in [1.82, 2.24) is 4.98 Å². The first-order valence-corrected chi connectivity index (χ1v) is 10.8. The van der Waals surface area contributed by atoms with Crippen molar-refractivity contribution < 1.29 is 17.9 Å². The summed E-state index contributed by atoms with van der Waals surface area (Å²) in [6.45, 7) is 0. The van der Waals surface area contributed by atoms with Crippen molar-refractivity contribution in [3.05, 3.63) is 47.1 Å². The first-order valence-electron chi connectivity index (χ1n) is 8.33. The smallest absolute Gasteiger partial charge is 0.239 e. The Labute approximate surface area is 161 Å². The van der Waals surface area contributed by atoms with Gasteiger partial charge in [-0.3, -0.25) is 4.79 Å². The molecule has 1 aromatic heterocycles. The van der Waals surface area contributed by atoms with Gasteiger partial charge in [0.05, 0.1) is 17.1 Å². The van der Waals surface area contributed by atoms with E-state index in [-0.39, 0.29) is 5.25 Å². The number of aromatic nitrogens is 1. The fourth-order valence-electron chi connectivity index (χ4n) is 2.91. The summed E-state index contributed by atoms with van der Waals surface area (Å²) in [5.41, 5.74) is 0.429. The van der Waals surface area contributed by atoms with E-state index in [0.717, 1.165) is 17.3 Å². The molecule has 2 aromatic rings. The van der Waals surface area contributed by atoms with Crippen molar-refractivity contribution in [2.45, 2.75) is 30.9 Å². The highest BCUT2D eigenvalue weighted by Crippen LogP contribution is 2.26. The fourth-order valence-corrected chi connectivity index (χ4v) is 5.01. The van der Waals surface area contributed by atoms with Gasteiger partial charge in [-0.2, -0.15) is 0 Å². The molecule has 3 rings (SSSR count). The van der Waals surface area contributed by atoms with Gasteiger partial charge >= 0.3 is 0 Å². The fraction of sp³-hybridized carbons (Fsp3) is 0.333. The van der Waals surface area contributed by atoms with E-state index >= 15 is 0 Å². The summed E-state index contributed by atoms with van der Waals surface area (Å²) in [5.74, 6) is -0.0288. The van der Waals surface area contributed by atoms with E-state index in [1.165, 1.54) is 6.20 Å². The molecule has 8 heteroatoms. The van der Waals surface area contributed by atoms with Crippen LogP contribution in [-0.2, 0) is 14.6 Å². The summed E-state index contributed by atoms with van der Waals surface area (Å²) in [5, 5.41) is 2.20. The normalized spacial score (nSPS) is 15.0. The van der Waals surface area contributed by atoms with Gasteiger partial charge in [0.25, 0.3) is 0 Å². The molecule has 1 amide bonds. The van der Waals surface area contributed by atoms with Crippen molar-refractivity contribution in [3.63, 3.8) is 0 Å². The second-order valence-corrected chi connectivity index (χ2v) is 9.40. The van der Waals surface area contributed by atoms with Crippen molar-refractivity contribution >= 4 is 37.4 Å². The third-order valence-corrected chi connectivity index (χ3v) is 6.83. The maximum absolute atomic E-state index is 12.2. The third-order valence-electron chi connectivity index (χ3n) is 4.18. The average Bonchev–Trinajstić information content (AvgIpc) is 3.12. The highest BCUT2D eigenvalue weighted by Gasteiger charge is 2.30. The van der Waals surface area contributed by atoms with E-state index in [1.54, 1.807) is 18.2 Å². The van der Waals surface area contributed by atoms with E-state index in [0.29, 0.717) is 30.2 Å². The summed E-state index contributed by atoms with van der Waals surface area (Å²) in [6.07, 6.45) is 4.56. The number of hydrogen-bond acceptors (Lipinski definition) is 5. The molecule has 0 saturated heterocycles. The molecule has 1 N–H and O–H groups in total. The van der Waals surface area contributed by atoms with Crippen molar-refractivity contribution in [2.75, 3.05) is 11.1 Å². The summed E-state index contributed by atoms with van der Waals surface area (Å²) in [4.78, 5) is 16.2. The number of halogens is 1. The maximum atomic E-state index is 12.2. The molecule has 6 nitrogen and oxygen atoms in total. The second kappa shape index (κ2) is 8.18. The van der Waals surface area contributed by atoms with Crippen LogP contribution in [0.5, 0.6) is 11.6 Å². The molecule has 1 heterocycles. The number of anilines is 1. The number of rotatable bonds is 6. The van der Waals surface area contributed by atoms with E-state index in [2.05, 4.69) is 26.2 Å². The Kier molecular flexibility index (Phi) is 5.93. The molecule has 26 heavy (non-hydrogen) atoms. The van der Waals surface area contributed by atoms with E-state index < -0.39 is 21.5 Å². The van der Waals surface area contributed by atoms with Gasteiger partial charge in [-0.05, 0) is 37.1 Å². The highest BCUT2D eigenvalue weighted by atomic mass is 79.9. The maximum Gasteiger partial charge on any atom is 0.239 e. The van der Waals surface area contributed by atoms with Crippen molar-refractivity contribution in [2.24, 2.45) is 0 Å². The van der Waals surface area contributed by atoms with Crippen LogP contribution in [-0.4, -0.2) is 30.3 Å². The summed E-state index contributed by atoms with van der Waals surface area (Å²) >= 11 is 3.37. The molecule has 0 aliphatic heterocycles. The van der Waals surface area contributed by atoms with Gasteiger partial charge in [0, 0.05) is 10.5 Å². The Morgan fingerprint density at radius 3 is 2.65 bits per heavy atom. The van der Waals surface area contributed by atoms with Crippen LogP contribution in [0.1, 0.15) is 25.7 Å². The standard InChI is InChI=1S/C18H19BrN2O4S/c19-13-4-3-5-15(10-13)25-18-9-8-14(11-20-18)21-17(22)12-26(23,24)16-6-1-2-7-16/h3-5,8-11,16H,1-2,6-7,12H2,(H,21,22). The van der Waals surface area contributed by atoms with Gasteiger partial charge in [0.2, 0.25) is 11.8 Å². The molecule has 0 bridgehead atoms. The van der Waals surface area contributed by atoms with Gasteiger partial charge in [0.15, 0.2) is 9.84 Å². The molecule has 0 unspecified atom stereocenters. The molecule has 0 atom stereocenters. The molecule has 1 saturated carbocycles. The number of amides is 1. The quantitative estimate of drug-likeness (QED) is 0.737. The van der Waals surface area contributed by atoms with Crippen molar-refractivity contribution in [1.29, 1.82) is 0 Å². The lowest BCUT2D eigenvalue weighted by Crippen LogP contribution is -2.29. The van der Waals surface area contributed by atoms with Crippen LogP contribution >= 0.6 is 15.9 Å². The lowest BCUT2D eigenvalue weighted by atomic mass is 10.3. The number of hydrogen-bond donors (Lipinski definition) is 1. The van der Waals surface area contributed by atoms with Crippen LogP contribution in [0.2, 0.25) is 0 Å². The zero-order chi connectivity index (χ0) is 18.6. The monoisotopic (exact) mass is 438 g/mol. The lowest BCUT2D eigenvalue weighted by molar-refractivity contribution is -0.113. The first kappa shape index (κ1) is 18.8. The molecular weight excluding hydrogens is 420 g/mol. The van der Waals surface area contributed by atoms with E-state index in [9.17, 15) is 13.2 Å². The minimum Gasteiger partial charge on any atom is -0.439 e. The van der Waals surface area contributed by atoms with Crippen LogP contribution in [0.25, 0.3) is 0 Å². The summed E-state index contributed by atoms with van der Waals surface area (Å²) in [6, 6.07) is 10.6. The van der Waals surface area contributed by atoms with Crippen LogP contribution in [0.3, 0.4) is 0 Å². The van der Waals surface area contributed by atoms with Crippen LogP contribution < -0.4 is 10.1 Å². The van der Waals surface area contributed by atoms with Crippen LogP contribution in [0.4, 0.5) is 5.69 Å². The molecular formula is C18H19BrN2O4S. The van der Waals surface area contributed by atoms with E-state index in [4.69, 9.17) is 4.74 Å². The Morgan fingerprint density at radius 1 is 1.23 bits per heavy atom. The van der Waals surface area contributed by atoms with Gasteiger partial charge in [-0.1, -0.05) is 34.8 Å². The Balaban J connectivity index is 1.57. The largest absolute Gasteiger partial charge is 0.439 e. The van der Waals surface area contributed by atoms with Gasteiger partial charge in [0.1, 0.15) is 11.5 Å². The predicted molar refractivity (Wildman–Crippen MR) is 103 cm³/mol. The minimum atomic E-state index is -3.39. The van der Waals surface area contributed by atoms with Crippen LogP contribution in [0.15, 0.2) is 47.1 Å². The number of benzene rings is 1. The minimum absolute atomic E-state index is 0.375. The number of nitrogens with one attached hydrogen (secondary N) is 1. The second-order valence-electron chi connectivity index (χ2n) is 6.21. The molecule has 1 aliphatic rings. The summed E-state index contributed by atoms with van der Waals surface area (Å²) < 4.78 is 30.9. The molecule has 138 valence electrons. The molecule has 1 aliphatic carbocycles.